The molecular formula is C13H18ClN3O3S. The SMILES string of the molecule is Nc1ccc(Cl)c(S(=O)(=O)NCC(=O)N2CCCCC2)c1. The number of carbonyl (C=O) groups excluding carboxylic acids is 1. The summed E-state index contributed by atoms with van der Waals surface area (Å²) in [7, 11) is -3.86. The Balaban J connectivity index is 2.04. The maximum atomic E-state index is 12.2. The molecule has 3 N–H and O–H groups in total. The van der Waals surface area contributed by atoms with Crippen molar-refractivity contribution in [1.29, 1.82) is 0 Å². The van der Waals surface area contributed by atoms with Gasteiger partial charge in [0.05, 0.1) is 11.6 Å². The number of hydrogen-bond acceptors (Lipinski definition) is 4. The van der Waals surface area contributed by atoms with Crippen LogP contribution in [-0.2, 0) is 14.8 Å². The highest BCUT2D eigenvalue weighted by molar-refractivity contribution is 7.89. The number of hydrogen-bond donors (Lipinski definition) is 2. The molecule has 1 saturated heterocycles. The number of likely N-dealkylation sites (tertiary alicyclic amines) is 1. The number of benzene rings is 1. The van der Waals surface area contributed by atoms with Crippen LogP contribution >= 0.6 is 11.6 Å². The second kappa shape index (κ2) is 6.64. The zero-order chi connectivity index (χ0) is 15.5. The van der Waals surface area contributed by atoms with Crippen LogP contribution in [0.2, 0.25) is 5.02 Å². The van der Waals surface area contributed by atoms with E-state index in [0.29, 0.717) is 18.8 Å². The molecule has 0 spiro atoms. The lowest BCUT2D eigenvalue weighted by Gasteiger charge is -2.26. The van der Waals surface area contributed by atoms with Crippen LogP contribution in [0.25, 0.3) is 0 Å². The number of rotatable bonds is 4. The maximum absolute atomic E-state index is 12.2. The second-order valence-corrected chi connectivity index (χ2v) is 7.10. The molecule has 0 bridgehead atoms. The lowest BCUT2D eigenvalue weighted by Crippen LogP contribution is -2.42. The normalized spacial score (nSPS) is 16.0. The predicted octanol–water partition coefficient (Wildman–Crippen LogP) is 1.21. The number of nitrogen functional groups attached to an aromatic ring is 1. The molecule has 116 valence electrons. The summed E-state index contributed by atoms with van der Waals surface area (Å²) >= 11 is 5.87. The first kappa shape index (κ1) is 16.1. The zero-order valence-corrected chi connectivity index (χ0v) is 13.1. The Hall–Kier alpha value is -1.31. The Morgan fingerprint density at radius 2 is 1.95 bits per heavy atom. The topological polar surface area (TPSA) is 92.5 Å². The number of carbonyl (C=O) groups is 1. The third-order valence-corrected chi connectivity index (χ3v) is 5.25. The molecule has 8 heteroatoms. The van der Waals surface area contributed by atoms with Crippen molar-refractivity contribution in [3.8, 4) is 0 Å². The third kappa shape index (κ3) is 4.09. The molecule has 1 heterocycles. The quantitative estimate of drug-likeness (QED) is 0.811. The van der Waals surface area contributed by atoms with Gasteiger partial charge in [-0.05, 0) is 37.5 Å². The molecule has 1 fully saturated rings. The number of sulfonamides is 1. The number of nitrogens with one attached hydrogen (secondary N) is 1. The standard InChI is InChI=1S/C13H18ClN3O3S/c14-11-5-4-10(15)8-12(11)21(19,20)16-9-13(18)17-6-2-1-3-7-17/h4-5,8,16H,1-3,6-7,9,15H2. The lowest BCUT2D eigenvalue weighted by atomic mass is 10.1. The highest BCUT2D eigenvalue weighted by Gasteiger charge is 2.22. The number of anilines is 1. The molecule has 1 aliphatic rings. The summed E-state index contributed by atoms with van der Waals surface area (Å²) in [5, 5.41) is 0.0714. The van der Waals surface area contributed by atoms with E-state index in [1.165, 1.54) is 18.2 Å². The van der Waals surface area contributed by atoms with E-state index in [2.05, 4.69) is 4.72 Å². The summed E-state index contributed by atoms with van der Waals surface area (Å²) in [6, 6.07) is 4.20. The summed E-state index contributed by atoms with van der Waals surface area (Å²) in [4.78, 5) is 13.5. The van der Waals surface area contributed by atoms with Gasteiger partial charge >= 0.3 is 0 Å². The van der Waals surface area contributed by atoms with Gasteiger partial charge in [-0.2, -0.15) is 0 Å². The maximum Gasteiger partial charge on any atom is 0.242 e. The van der Waals surface area contributed by atoms with Gasteiger partial charge in [-0.25, -0.2) is 13.1 Å². The fraction of sp³-hybridized carbons (Fsp3) is 0.462. The number of halogens is 1. The molecule has 1 amide bonds. The first-order chi connectivity index (χ1) is 9.90. The van der Waals surface area contributed by atoms with E-state index in [1.807, 2.05) is 0 Å². The van der Waals surface area contributed by atoms with Crippen LogP contribution in [-0.4, -0.2) is 38.9 Å². The van der Waals surface area contributed by atoms with Gasteiger partial charge in [0.2, 0.25) is 15.9 Å². The molecular weight excluding hydrogens is 314 g/mol. The van der Waals surface area contributed by atoms with E-state index in [-0.39, 0.29) is 22.4 Å². The predicted molar refractivity (Wildman–Crippen MR) is 81.5 cm³/mol. The first-order valence-corrected chi connectivity index (χ1v) is 8.59. The first-order valence-electron chi connectivity index (χ1n) is 6.72. The Bertz CT molecular complexity index is 628. The average Bonchev–Trinajstić information content (AvgIpc) is 2.48. The molecule has 1 aromatic carbocycles. The number of piperidine rings is 1. The van der Waals surface area contributed by atoms with E-state index < -0.39 is 10.0 Å². The van der Waals surface area contributed by atoms with Gasteiger partial charge in [0.15, 0.2) is 0 Å². The minimum atomic E-state index is -3.86. The van der Waals surface area contributed by atoms with Gasteiger partial charge in [0, 0.05) is 18.8 Å². The largest absolute Gasteiger partial charge is 0.399 e. The molecule has 1 aliphatic heterocycles. The molecule has 1 aromatic rings. The van der Waals surface area contributed by atoms with Gasteiger partial charge in [-0.1, -0.05) is 11.6 Å². The highest BCUT2D eigenvalue weighted by atomic mass is 35.5. The van der Waals surface area contributed by atoms with Crippen LogP contribution in [0.1, 0.15) is 19.3 Å². The Labute approximate surface area is 129 Å². The van der Waals surface area contributed by atoms with E-state index in [1.54, 1.807) is 4.90 Å². The third-order valence-electron chi connectivity index (χ3n) is 3.37. The van der Waals surface area contributed by atoms with Crippen LogP contribution in [0.15, 0.2) is 23.1 Å². The molecule has 2 rings (SSSR count). The van der Waals surface area contributed by atoms with Crippen LogP contribution in [0.5, 0.6) is 0 Å². The van der Waals surface area contributed by atoms with Gasteiger partial charge < -0.3 is 10.6 Å². The van der Waals surface area contributed by atoms with Crippen molar-refractivity contribution in [3.05, 3.63) is 23.2 Å². The van der Waals surface area contributed by atoms with Crippen molar-refractivity contribution in [2.24, 2.45) is 0 Å². The molecule has 0 aliphatic carbocycles. The van der Waals surface area contributed by atoms with E-state index >= 15 is 0 Å². The fourth-order valence-corrected chi connectivity index (χ4v) is 3.72. The number of nitrogens with two attached hydrogens (primary N) is 1. The van der Waals surface area contributed by atoms with Crippen molar-refractivity contribution in [1.82, 2.24) is 9.62 Å². The summed E-state index contributed by atoms with van der Waals surface area (Å²) in [6.45, 7) is 1.09. The molecule has 0 unspecified atom stereocenters. The number of nitrogens with zero attached hydrogens (tertiary/aromatic N) is 1. The highest BCUT2D eigenvalue weighted by Crippen LogP contribution is 2.23. The van der Waals surface area contributed by atoms with Gasteiger partial charge in [-0.3, -0.25) is 4.79 Å². The number of amides is 1. The van der Waals surface area contributed by atoms with E-state index in [9.17, 15) is 13.2 Å². The Morgan fingerprint density at radius 3 is 2.62 bits per heavy atom. The average molecular weight is 332 g/mol. The van der Waals surface area contributed by atoms with Gasteiger partial charge in [0.25, 0.3) is 0 Å². The van der Waals surface area contributed by atoms with Crippen LogP contribution < -0.4 is 10.5 Å². The molecule has 0 saturated carbocycles. The van der Waals surface area contributed by atoms with Gasteiger partial charge in [-0.15, -0.1) is 0 Å². The Morgan fingerprint density at radius 1 is 1.29 bits per heavy atom. The van der Waals surface area contributed by atoms with Gasteiger partial charge in [0.1, 0.15) is 4.90 Å². The smallest absolute Gasteiger partial charge is 0.242 e. The molecule has 0 aromatic heterocycles. The van der Waals surface area contributed by atoms with Crippen molar-refractivity contribution >= 4 is 33.2 Å². The summed E-state index contributed by atoms with van der Waals surface area (Å²) in [6.07, 6.45) is 3.02. The summed E-state index contributed by atoms with van der Waals surface area (Å²) < 4.78 is 26.6. The lowest BCUT2D eigenvalue weighted by molar-refractivity contribution is -0.130. The summed E-state index contributed by atoms with van der Waals surface area (Å²) in [5.41, 5.74) is 5.86. The van der Waals surface area contributed by atoms with Crippen molar-refractivity contribution in [3.63, 3.8) is 0 Å². The van der Waals surface area contributed by atoms with Crippen molar-refractivity contribution in [2.45, 2.75) is 24.2 Å². The van der Waals surface area contributed by atoms with Crippen molar-refractivity contribution < 1.29 is 13.2 Å². The molecule has 21 heavy (non-hydrogen) atoms. The minimum Gasteiger partial charge on any atom is -0.399 e. The molecule has 0 radical (unpaired) electrons. The van der Waals surface area contributed by atoms with Crippen LogP contribution in [0.3, 0.4) is 0 Å². The van der Waals surface area contributed by atoms with E-state index in [4.69, 9.17) is 17.3 Å². The minimum absolute atomic E-state index is 0.0714. The summed E-state index contributed by atoms with van der Waals surface area (Å²) in [5.74, 6) is -0.224. The van der Waals surface area contributed by atoms with E-state index in [0.717, 1.165) is 19.3 Å². The van der Waals surface area contributed by atoms with Crippen molar-refractivity contribution in [2.75, 3.05) is 25.4 Å². The zero-order valence-electron chi connectivity index (χ0n) is 11.5. The van der Waals surface area contributed by atoms with Crippen LogP contribution in [0, 0.1) is 0 Å². The second-order valence-electron chi connectivity index (χ2n) is 4.96. The van der Waals surface area contributed by atoms with Crippen LogP contribution in [0.4, 0.5) is 5.69 Å². The fourth-order valence-electron chi connectivity index (χ4n) is 2.22. The molecule has 6 nitrogen and oxygen atoms in total. The molecule has 0 atom stereocenters. The monoisotopic (exact) mass is 331 g/mol. The Kier molecular flexibility index (Phi) is 5.08.